The van der Waals surface area contributed by atoms with Crippen molar-refractivity contribution in [2.24, 2.45) is 0 Å². The molecule has 1 saturated heterocycles. The zero-order valence-corrected chi connectivity index (χ0v) is 15.3. The molecule has 1 fully saturated rings. The SMILES string of the molecule is COc1ccc(S(=O)(=O)N2CCCC(c3nnc4ccccn34)C2)cc1. The van der Waals surface area contributed by atoms with E-state index in [4.69, 9.17) is 4.74 Å². The Labute approximate surface area is 152 Å². The Morgan fingerprint density at radius 3 is 2.69 bits per heavy atom. The van der Waals surface area contributed by atoms with Crippen LogP contribution in [0.4, 0.5) is 0 Å². The zero-order chi connectivity index (χ0) is 18.1. The molecule has 1 aliphatic rings. The van der Waals surface area contributed by atoms with Gasteiger partial charge in [-0.2, -0.15) is 4.31 Å². The van der Waals surface area contributed by atoms with E-state index in [1.54, 1.807) is 35.7 Å². The standard InChI is InChI=1S/C18H20N4O3S/c1-25-15-7-9-16(10-8-15)26(23,24)21-11-4-5-14(13-21)18-20-19-17-6-2-3-12-22(17)18/h2-3,6-10,12,14H,4-5,11,13H2,1H3. The van der Waals surface area contributed by atoms with E-state index >= 15 is 0 Å². The third-order valence-corrected chi connectivity index (χ3v) is 6.67. The maximum Gasteiger partial charge on any atom is 0.243 e. The molecule has 136 valence electrons. The Morgan fingerprint density at radius 2 is 1.92 bits per heavy atom. The molecular weight excluding hydrogens is 352 g/mol. The van der Waals surface area contributed by atoms with Gasteiger partial charge in [0, 0.05) is 25.2 Å². The lowest BCUT2D eigenvalue weighted by Gasteiger charge is -2.31. The number of sulfonamides is 1. The molecule has 0 N–H and O–H groups in total. The number of piperidine rings is 1. The van der Waals surface area contributed by atoms with Crippen LogP contribution in [-0.4, -0.2) is 47.5 Å². The number of ether oxygens (including phenoxy) is 1. The average Bonchev–Trinajstić information content (AvgIpc) is 3.12. The predicted molar refractivity (Wildman–Crippen MR) is 96.7 cm³/mol. The van der Waals surface area contributed by atoms with Gasteiger partial charge in [0.05, 0.1) is 12.0 Å². The maximum atomic E-state index is 13.0. The summed E-state index contributed by atoms with van der Waals surface area (Å²) < 4.78 is 34.6. The van der Waals surface area contributed by atoms with Crippen LogP contribution >= 0.6 is 0 Å². The number of methoxy groups -OCH3 is 1. The number of pyridine rings is 1. The van der Waals surface area contributed by atoms with Crippen LogP contribution in [0.15, 0.2) is 53.6 Å². The molecule has 0 bridgehead atoms. The number of rotatable bonds is 4. The second-order valence-electron chi connectivity index (χ2n) is 6.36. The van der Waals surface area contributed by atoms with E-state index in [0.29, 0.717) is 18.8 Å². The van der Waals surface area contributed by atoms with Crippen molar-refractivity contribution in [1.29, 1.82) is 0 Å². The summed E-state index contributed by atoms with van der Waals surface area (Å²) in [5.41, 5.74) is 0.776. The van der Waals surface area contributed by atoms with Crippen molar-refractivity contribution in [2.45, 2.75) is 23.7 Å². The third kappa shape index (κ3) is 2.95. The molecule has 0 saturated carbocycles. The van der Waals surface area contributed by atoms with Gasteiger partial charge >= 0.3 is 0 Å². The summed E-state index contributed by atoms with van der Waals surface area (Å²) in [5, 5.41) is 8.50. The van der Waals surface area contributed by atoms with Gasteiger partial charge in [-0.15, -0.1) is 10.2 Å². The van der Waals surface area contributed by atoms with Crippen LogP contribution in [0.1, 0.15) is 24.6 Å². The minimum absolute atomic E-state index is 0.0224. The van der Waals surface area contributed by atoms with Crippen LogP contribution in [0.25, 0.3) is 5.65 Å². The molecular formula is C18H20N4O3S. The van der Waals surface area contributed by atoms with Crippen LogP contribution in [0.5, 0.6) is 5.75 Å². The Bertz CT molecular complexity index is 1010. The second-order valence-corrected chi connectivity index (χ2v) is 8.30. The second kappa shape index (κ2) is 6.69. The van der Waals surface area contributed by atoms with Gasteiger partial charge in [0.2, 0.25) is 10.0 Å². The van der Waals surface area contributed by atoms with Crippen LogP contribution in [0, 0.1) is 0 Å². The highest BCUT2D eigenvalue weighted by atomic mass is 32.2. The topological polar surface area (TPSA) is 76.8 Å². The molecule has 26 heavy (non-hydrogen) atoms. The first-order chi connectivity index (χ1) is 12.6. The summed E-state index contributed by atoms with van der Waals surface area (Å²) in [6.45, 7) is 0.922. The van der Waals surface area contributed by atoms with Crippen molar-refractivity contribution >= 4 is 15.7 Å². The van der Waals surface area contributed by atoms with Crippen LogP contribution in [0.3, 0.4) is 0 Å². The van der Waals surface area contributed by atoms with Crippen LogP contribution in [0.2, 0.25) is 0 Å². The van der Waals surface area contributed by atoms with Gasteiger partial charge in [-0.25, -0.2) is 8.42 Å². The van der Waals surface area contributed by atoms with Crippen molar-refractivity contribution in [3.05, 3.63) is 54.5 Å². The van der Waals surface area contributed by atoms with Gasteiger partial charge in [0.15, 0.2) is 5.65 Å². The van der Waals surface area contributed by atoms with E-state index in [1.807, 2.05) is 28.8 Å². The molecule has 3 aromatic rings. The fraction of sp³-hybridized carbons (Fsp3) is 0.333. The van der Waals surface area contributed by atoms with E-state index in [2.05, 4.69) is 10.2 Å². The first-order valence-electron chi connectivity index (χ1n) is 8.53. The first kappa shape index (κ1) is 17.0. The highest BCUT2D eigenvalue weighted by Gasteiger charge is 2.32. The molecule has 2 aromatic heterocycles. The van der Waals surface area contributed by atoms with E-state index in [9.17, 15) is 8.42 Å². The number of aromatic nitrogens is 3. The Kier molecular flexibility index (Phi) is 4.37. The molecule has 8 heteroatoms. The van der Waals surface area contributed by atoms with Crippen molar-refractivity contribution in [3.8, 4) is 5.75 Å². The predicted octanol–water partition coefficient (Wildman–Crippen LogP) is 2.31. The van der Waals surface area contributed by atoms with Gasteiger partial charge in [-0.1, -0.05) is 6.07 Å². The molecule has 4 rings (SSSR count). The summed E-state index contributed by atoms with van der Waals surface area (Å²) in [5.74, 6) is 1.47. The van der Waals surface area contributed by atoms with Crippen molar-refractivity contribution in [2.75, 3.05) is 20.2 Å². The molecule has 1 unspecified atom stereocenters. The quantitative estimate of drug-likeness (QED) is 0.702. The Hall–Kier alpha value is -2.45. The molecule has 0 radical (unpaired) electrons. The normalized spacial score (nSPS) is 18.9. The number of hydrogen-bond donors (Lipinski definition) is 0. The molecule has 0 aliphatic carbocycles. The number of nitrogens with zero attached hydrogens (tertiary/aromatic N) is 4. The minimum atomic E-state index is -3.54. The van der Waals surface area contributed by atoms with Crippen molar-refractivity contribution in [3.63, 3.8) is 0 Å². The third-order valence-electron chi connectivity index (χ3n) is 4.79. The van der Waals surface area contributed by atoms with Crippen molar-refractivity contribution in [1.82, 2.24) is 18.9 Å². The summed E-state index contributed by atoms with van der Waals surface area (Å²) in [6, 6.07) is 12.2. The van der Waals surface area contributed by atoms with Gasteiger partial charge in [-0.3, -0.25) is 4.40 Å². The lowest BCUT2D eigenvalue weighted by molar-refractivity contribution is 0.308. The first-order valence-corrected chi connectivity index (χ1v) is 9.97. The van der Waals surface area contributed by atoms with E-state index in [1.165, 1.54) is 0 Å². The number of benzene rings is 1. The molecule has 0 spiro atoms. The summed E-state index contributed by atoms with van der Waals surface area (Å²) in [6.07, 6.45) is 3.60. The average molecular weight is 372 g/mol. The highest BCUT2D eigenvalue weighted by Crippen LogP contribution is 2.30. The zero-order valence-electron chi connectivity index (χ0n) is 14.4. The Balaban J connectivity index is 1.61. The smallest absolute Gasteiger partial charge is 0.243 e. The van der Waals surface area contributed by atoms with Gasteiger partial charge < -0.3 is 4.74 Å². The number of hydrogen-bond acceptors (Lipinski definition) is 5. The largest absolute Gasteiger partial charge is 0.497 e. The summed E-state index contributed by atoms with van der Waals surface area (Å²) >= 11 is 0. The van der Waals surface area contributed by atoms with E-state index in [-0.39, 0.29) is 10.8 Å². The summed E-state index contributed by atoms with van der Waals surface area (Å²) in [4.78, 5) is 0.282. The molecule has 7 nitrogen and oxygen atoms in total. The Morgan fingerprint density at radius 1 is 1.12 bits per heavy atom. The lowest BCUT2D eigenvalue weighted by atomic mass is 9.99. The number of fused-ring (bicyclic) bond motifs is 1. The molecule has 3 heterocycles. The van der Waals surface area contributed by atoms with E-state index < -0.39 is 10.0 Å². The highest BCUT2D eigenvalue weighted by molar-refractivity contribution is 7.89. The van der Waals surface area contributed by atoms with E-state index in [0.717, 1.165) is 24.3 Å². The lowest BCUT2D eigenvalue weighted by Crippen LogP contribution is -2.39. The van der Waals surface area contributed by atoms with Gasteiger partial charge in [-0.05, 0) is 49.2 Å². The molecule has 1 atom stereocenters. The summed E-state index contributed by atoms with van der Waals surface area (Å²) in [7, 11) is -1.99. The van der Waals surface area contributed by atoms with Crippen molar-refractivity contribution < 1.29 is 13.2 Å². The monoisotopic (exact) mass is 372 g/mol. The van der Waals surface area contributed by atoms with Gasteiger partial charge in [0.1, 0.15) is 11.6 Å². The fourth-order valence-corrected chi connectivity index (χ4v) is 4.93. The molecule has 1 aliphatic heterocycles. The van der Waals surface area contributed by atoms with Gasteiger partial charge in [0.25, 0.3) is 0 Å². The van der Waals surface area contributed by atoms with Crippen LogP contribution in [-0.2, 0) is 10.0 Å². The maximum absolute atomic E-state index is 13.0. The molecule has 1 aromatic carbocycles. The molecule has 0 amide bonds. The minimum Gasteiger partial charge on any atom is -0.497 e. The fourth-order valence-electron chi connectivity index (χ4n) is 3.41. The van der Waals surface area contributed by atoms with Crippen LogP contribution < -0.4 is 4.74 Å².